The topological polar surface area (TPSA) is 54.6 Å². The molecule has 2 aliphatic rings. The molecular formula is C18H22N2O3. The van der Waals surface area contributed by atoms with Crippen molar-refractivity contribution in [2.24, 2.45) is 0 Å². The van der Waals surface area contributed by atoms with Gasteiger partial charge in [-0.05, 0) is 50.5 Å². The van der Waals surface area contributed by atoms with Crippen LogP contribution >= 0.6 is 0 Å². The molecule has 5 heteroatoms. The van der Waals surface area contributed by atoms with E-state index < -0.39 is 11.1 Å². The molecule has 2 aliphatic heterocycles. The van der Waals surface area contributed by atoms with Crippen LogP contribution in [-0.4, -0.2) is 35.2 Å². The summed E-state index contributed by atoms with van der Waals surface area (Å²) in [6, 6.07) is 6.07. The Kier molecular flexibility index (Phi) is 2.78. The number of hydrogen-bond donors (Lipinski definition) is 1. The molecule has 2 aromatic rings. The summed E-state index contributed by atoms with van der Waals surface area (Å²) >= 11 is 0. The Bertz CT molecular complexity index is 812. The van der Waals surface area contributed by atoms with Crippen LogP contribution in [0.3, 0.4) is 0 Å². The highest BCUT2D eigenvalue weighted by Gasteiger charge is 2.62. The van der Waals surface area contributed by atoms with E-state index in [1.165, 1.54) is 10.9 Å². The van der Waals surface area contributed by atoms with Crippen LogP contribution in [0.1, 0.15) is 38.4 Å². The number of carbonyl (C=O) groups excluding carboxylic acids is 1. The minimum absolute atomic E-state index is 0.210. The van der Waals surface area contributed by atoms with Gasteiger partial charge in [0.1, 0.15) is 16.9 Å². The number of amides is 1. The predicted molar refractivity (Wildman–Crippen MR) is 87.8 cm³/mol. The number of cyclic esters (lactones) is 1. The fourth-order valence-electron chi connectivity index (χ4n) is 4.20. The van der Waals surface area contributed by atoms with Gasteiger partial charge in [0.25, 0.3) is 0 Å². The van der Waals surface area contributed by atoms with Crippen molar-refractivity contribution >= 4 is 17.0 Å². The third-order valence-electron chi connectivity index (χ3n) is 5.96. The molecule has 5 nitrogen and oxygen atoms in total. The number of H-pyrrole nitrogens is 1. The number of rotatable bonds is 2. The maximum atomic E-state index is 12.4. The van der Waals surface area contributed by atoms with Gasteiger partial charge < -0.3 is 14.5 Å². The second kappa shape index (κ2) is 4.43. The summed E-state index contributed by atoms with van der Waals surface area (Å²) in [5, 5.41) is 1.18. The smallest absolute Gasteiger partial charge is 0.411 e. The normalized spacial score (nSPS) is 29.4. The Morgan fingerprint density at radius 2 is 2.17 bits per heavy atom. The summed E-state index contributed by atoms with van der Waals surface area (Å²) in [5.74, 6) is 0.851. The lowest BCUT2D eigenvalue weighted by molar-refractivity contribution is -0.00297. The lowest BCUT2D eigenvalue weighted by Gasteiger charge is -2.44. The molecule has 1 saturated heterocycles. The molecule has 1 N–H and O–H groups in total. The third-order valence-corrected chi connectivity index (χ3v) is 5.96. The molecule has 0 unspecified atom stereocenters. The summed E-state index contributed by atoms with van der Waals surface area (Å²) in [6.07, 6.45) is 1.38. The van der Waals surface area contributed by atoms with E-state index >= 15 is 0 Å². The molecule has 0 bridgehead atoms. The van der Waals surface area contributed by atoms with E-state index in [4.69, 9.17) is 9.47 Å². The first kappa shape index (κ1) is 14.4. The average molecular weight is 314 g/mol. The zero-order chi connectivity index (χ0) is 16.4. The number of ether oxygens (including phenoxy) is 2. The van der Waals surface area contributed by atoms with Crippen LogP contribution in [-0.2, 0) is 16.7 Å². The first-order chi connectivity index (χ1) is 10.9. The van der Waals surface area contributed by atoms with Gasteiger partial charge in [0.15, 0.2) is 0 Å². The lowest BCUT2D eigenvalue weighted by Crippen LogP contribution is -2.55. The SMILES string of the molecule is CC[C@]1(C)OC(=O)N2CCc3c([nH]c4ccc(OC)cc34)[C@@]21C. The number of nitrogens with zero attached hydrogens (tertiary/aromatic N) is 1. The molecule has 0 spiro atoms. The number of carbonyl (C=O) groups is 1. The molecule has 0 aliphatic carbocycles. The summed E-state index contributed by atoms with van der Waals surface area (Å²) in [6.45, 7) is 6.90. The minimum atomic E-state index is -0.537. The Morgan fingerprint density at radius 1 is 1.39 bits per heavy atom. The first-order valence-corrected chi connectivity index (χ1v) is 8.14. The molecular weight excluding hydrogens is 292 g/mol. The monoisotopic (exact) mass is 314 g/mol. The Balaban J connectivity index is 1.99. The number of fused-ring (bicyclic) bond motifs is 5. The van der Waals surface area contributed by atoms with E-state index in [1.807, 2.05) is 24.0 Å². The quantitative estimate of drug-likeness (QED) is 0.922. The molecule has 1 aromatic carbocycles. The zero-order valence-electron chi connectivity index (χ0n) is 14.0. The number of aromatic nitrogens is 1. The van der Waals surface area contributed by atoms with Crippen LogP contribution in [0.25, 0.3) is 10.9 Å². The molecule has 1 fully saturated rings. The maximum Gasteiger partial charge on any atom is 0.411 e. The Labute approximate surface area is 135 Å². The van der Waals surface area contributed by atoms with E-state index in [-0.39, 0.29) is 6.09 Å². The van der Waals surface area contributed by atoms with Crippen LogP contribution < -0.4 is 4.74 Å². The summed E-state index contributed by atoms with van der Waals surface area (Å²) in [5.41, 5.74) is 2.44. The van der Waals surface area contributed by atoms with Crippen molar-refractivity contribution in [2.75, 3.05) is 13.7 Å². The van der Waals surface area contributed by atoms with Gasteiger partial charge in [0.05, 0.1) is 7.11 Å². The van der Waals surface area contributed by atoms with Gasteiger partial charge in [-0.1, -0.05) is 6.92 Å². The summed E-state index contributed by atoms with van der Waals surface area (Å²) < 4.78 is 11.2. The Hall–Kier alpha value is -2.17. The highest BCUT2D eigenvalue weighted by molar-refractivity contribution is 5.88. The van der Waals surface area contributed by atoms with Crippen LogP contribution in [0, 0.1) is 0 Å². The van der Waals surface area contributed by atoms with Crippen molar-refractivity contribution in [1.82, 2.24) is 9.88 Å². The van der Waals surface area contributed by atoms with Crippen molar-refractivity contribution in [3.8, 4) is 5.75 Å². The number of nitrogens with one attached hydrogen (secondary N) is 1. The summed E-state index contributed by atoms with van der Waals surface area (Å²) in [4.78, 5) is 17.8. The van der Waals surface area contributed by atoms with Crippen LogP contribution in [0.2, 0.25) is 0 Å². The van der Waals surface area contributed by atoms with Crippen LogP contribution in [0.15, 0.2) is 18.2 Å². The molecule has 0 radical (unpaired) electrons. The number of aromatic amines is 1. The second-order valence-electron chi connectivity index (χ2n) is 6.82. The standard InChI is InChI=1S/C18H22N2O3/c1-5-17(2)18(3)15-12(8-9-20(18)16(21)23-17)13-10-11(22-4)6-7-14(13)19-15/h6-7,10,19H,5,8-9H2,1-4H3/t17-,18+/m0/s1. The van der Waals surface area contributed by atoms with Crippen molar-refractivity contribution in [1.29, 1.82) is 0 Å². The third kappa shape index (κ3) is 1.60. The minimum Gasteiger partial charge on any atom is -0.497 e. The van der Waals surface area contributed by atoms with Crippen molar-refractivity contribution < 1.29 is 14.3 Å². The molecule has 1 aromatic heterocycles. The number of hydrogen-bond acceptors (Lipinski definition) is 3. The van der Waals surface area contributed by atoms with Gasteiger partial charge in [-0.2, -0.15) is 0 Å². The van der Waals surface area contributed by atoms with Gasteiger partial charge in [-0.15, -0.1) is 0 Å². The zero-order valence-corrected chi connectivity index (χ0v) is 14.0. The van der Waals surface area contributed by atoms with Crippen molar-refractivity contribution in [3.63, 3.8) is 0 Å². The molecule has 122 valence electrons. The molecule has 0 saturated carbocycles. The van der Waals surface area contributed by atoms with E-state index in [9.17, 15) is 4.79 Å². The van der Waals surface area contributed by atoms with Crippen LogP contribution in [0.5, 0.6) is 5.75 Å². The van der Waals surface area contributed by atoms with Crippen molar-refractivity contribution in [2.45, 2.75) is 44.8 Å². The highest BCUT2D eigenvalue weighted by atomic mass is 16.6. The second-order valence-corrected chi connectivity index (χ2v) is 6.82. The Morgan fingerprint density at radius 3 is 2.87 bits per heavy atom. The highest BCUT2D eigenvalue weighted by Crippen LogP contribution is 2.52. The number of benzene rings is 1. The molecule has 4 rings (SSSR count). The van der Waals surface area contributed by atoms with Crippen molar-refractivity contribution in [3.05, 3.63) is 29.5 Å². The molecule has 1 amide bonds. The van der Waals surface area contributed by atoms with E-state index in [0.717, 1.165) is 29.8 Å². The molecule has 3 heterocycles. The predicted octanol–water partition coefficient (Wildman–Crippen LogP) is 3.57. The number of methoxy groups -OCH3 is 1. The fraction of sp³-hybridized carbons (Fsp3) is 0.500. The van der Waals surface area contributed by atoms with Gasteiger partial charge in [-0.25, -0.2) is 4.79 Å². The van der Waals surface area contributed by atoms with Gasteiger partial charge in [-0.3, -0.25) is 4.90 Å². The van der Waals surface area contributed by atoms with Gasteiger partial charge >= 0.3 is 6.09 Å². The average Bonchev–Trinajstić information content (AvgIpc) is 3.02. The van der Waals surface area contributed by atoms with Gasteiger partial charge in [0, 0.05) is 23.1 Å². The lowest BCUT2D eigenvalue weighted by atomic mass is 9.74. The summed E-state index contributed by atoms with van der Waals surface area (Å²) in [7, 11) is 1.68. The fourth-order valence-corrected chi connectivity index (χ4v) is 4.20. The van der Waals surface area contributed by atoms with E-state index in [0.29, 0.717) is 6.54 Å². The molecule has 23 heavy (non-hydrogen) atoms. The van der Waals surface area contributed by atoms with E-state index in [2.05, 4.69) is 24.9 Å². The first-order valence-electron chi connectivity index (χ1n) is 8.14. The van der Waals surface area contributed by atoms with Crippen LogP contribution in [0.4, 0.5) is 4.79 Å². The largest absolute Gasteiger partial charge is 0.497 e. The molecule has 2 atom stereocenters. The van der Waals surface area contributed by atoms with Gasteiger partial charge in [0.2, 0.25) is 0 Å². The maximum absolute atomic E-state index is 12.4. The van der Waals surface area contributed by atoms with E-state index in [1.54, 1.807) is 7.11 Å².